The second kappa shape index (κ2) is 6.23. The van der Waals surface area contributed by atoms with Gasteiger partial charge >= 0.3 is 0 Å². The number of likely N-dealkylation sites (N-methyl/N-ethyl adjacent to an activating group) is 1. The molecule has 0 unspecified atom stereocenters. The highest BCUT2D eigenvalue weighted by molar-refractivity contribution is 5.88. The Kier molecular flexibility index (Phi) is 4.07. The molecule has 2 bridgehead atoms. The second-order valence-corrected chi connectivity index (χ2v) is 7.76. The summed E-state index contributed by atoms with van der Waals surface area (Å²) in [7, 11) is 1.65. The molecule has 3 aliphatic rings. The third-order valence-electron chi connectivity index (χ3n) is 6.44. The van der Waals surface area contributed by atoms with E-state index in [1.165, 1.54) is 36.8 Å². The number of benzene rings is 1. The number of amides is 2. The summed E-state index contributed by atoms with van der Waals surface area (Å²) in [6, 6.07) is 7.80. The number of nitrogens with zero attached hydrogens (tertiary/aromatic N) is 1. The maximum Gasteiger partial charge on any atom is 0.242 e. The molecule has 1 heterocycles. The molecule has 2 aliphatic carbocycles. The number of rotatable bonds is 3. The molecule has 0 aromatic heterocycles. The standard InChI is InChI=1S/C20H26N2O2/c1-21-20(24)18-10-14-4-2-3-5-16(14)12-22(18)19(23)11-17-9-13-6-7-15(17)8-13/h2-5,13,15,17-18H,6-12H2,1H3,(H,21,24)/t13-,15-,17+,18-/m0/s1. The summed E-state index contributed by atoms with van der Waals surface area (Å²) in [4.78, 5) is 27.2. The minimum absolute atomic E-state index is 0.0502. The average molecular weight is 326 g/mol. The maximum atomic E-state index is 13.0. The van der Waals surface area contributed by atoms with Crippen molar-refractivity contribution in [2.45, 2.75) is 51.1 Å². The van der Waals surface area contributed by atoms with Gasteiger partial charge in [-0.25, -0.2) is 0 Å². The van der Waals surface area contributed by atoms with Crippen molar-refractivity contribution >= 4 is 11.8 Å². The first-order chi connectivity index (χ1) is 11.7. The summed E-state index contributed by atoms with van der Waals surface area (Å²) in [5.41, 5.74) is 2.37. The normalized spacial score (nSPS) is 31.0. The van der Waals surface area contributed by atoms with Crippen LogP contribution in [0, 0.1) is 17.8 Å². The molecule has 4 heteroatoms. The quantitative estimate of drug-likeness (QED) is 0.928. The molecule has 1 aromatic rings. The molecule has 1 N–H and O–H groups in total. The number of carbonyl (C=O) groups is 2. The molecule has 4 rings (SSSR count). The highest BCUT2D eigenvalue weighted by Crippen LogP contribution is 2.49. The molecule has 2 amide bonds. The number of fused-ring (bicyclic) bond motifs is 3. The van der Waals surface area contributed by atoms with E-state index in [0.29, 0.717) is 25.3 Å². The van der Waals surface area contributed by atoms with Crippen LogP contribution in [0.1, 0.15) is 43.2 Å². The van der Waals surface area contributed by atoms with Gasteiger partial charge in [0, 0.05) is 26.4 Å². The van der Waals surface area contributed by atoms with Crippen LogP contribution in [0.25, 0.3) is 0 Å². The van der Waals surface area contributed by atoms with E-state index in [1.54, 1.807) is 7.05 Å². The van der Waals surface area contributed by atoms with Crippen LogP contribution >= 0.6 is 0 Å². The van der Waals surface area contributed by atoms with Gasteiger partial charge in [-0.2, -0.15) is 0 Å². The lowest BCUT2D eigenvalue weighted by Gasteiger charge is -2.37. The first-order valence-electron chi connectivity index (χ1n) is 9.23. The van der Waals surface area contributed by atoms with Crippen molar-refractivity contribution in [1.82, 2.24) is 10.2 Å². The van der Waals surface area contributed by atoms with Gasteiger partial charge in [-0.3, -0.25) is 9.59 Å². The highest BCUT2D eigenvalue weighted by atomic mass is 16.2. The van der Waals surface area contributed by atoms with Crippen molar-refractivity contribution in [2.75, 3.05) is 7.05 Å². The van der Waals surface area contributed by atoms with Crippen LogP contribution in [0.5, 0.6) is 0 Å². The molecular weight excluding hydrogens is 300 g/mol. The van der Waals surface area contributed by atoms with E-state index < -0.39 is 0 Å². The lowest BCUT2D eigenvalue weighted by atomic mass is 9.85. The minimum atomic E-state index is -0.365. The Bertz CT molecular complexity index is 657. The average Bonchev–Trinajstić information content (AvgIpc) is 3.22. The molecule has 2 saturated carbocycles. The zero-order chi connectivity index (χ0) is 16.7. The first-order valence-corrected chi connectivity index (χ1v) is 9.23. The Balaban J connectivity index is 1.52. The molecule has 2 fully saturated rings. The predicted molar refractivity (Wildman–Crippen MR) is 92.1 cm³/mol. The summed E-state index contributed by atoms with van der Waals surface area (Å²) >= 11 is 0. The lowest BCUT2D eigenvalue weighted by molar-refractivity contribution is -0.142. The molecule has 0 radical (unpaired) electrons. The van der Waals surface area contributed by atoms with Crippen molar-refractivity contribution in [1.29, 1.82) is 0 Å². The smallest absolute Gasteiger partial charge is 0.242 e. The Morgan fingerprint density at radius 1 is 1.17 bits per heavy atom. The van der Waals surface area contributed by atoms with E-state index in [0.717, 1.165) is 11.8 Å². The molecule has 1 aliphatic heterocycles. The SMILES string of the molecule is CNC(=O)[C@@H]1Cc2ccccc2CN1C(=O)C[C@H]1C[C@H]2CC[C@H]1C2. The van der Waals surface area contributed by atoms with Crippen LogP contribution in [-0.2, 0) is 22.6 Å². The molecule has 0 saturated heterocycles. The van der Waals surface area contributed by atoms with E-state index in [-0.39, 0.29) is 17.9 Å². The molecular formula is C20H26N2O2. The Labute approximate surface area is 143 Å². The Hall–Kier alpha value is -1.84. The van der Waals surface area contributed by atoms with Crippen LogP contribution < -0.4 is 5.32 Å². The fraction of sp³-hybridized carbons (Fsp3) is 0.600. The van der Waals surface area contributed by atoms with Crippen LogP contribution in [0.2, 0.25) is 0 Å². The Morgan fingerprint density at radius 3 is 2.62 bits per heavy atom. The van der Waals surface area contributed by atoms with Crippen LogP contribution in [0.3, 0.4) is 0 Å². The molecule has 24 heavy (non-hydrogen) atoms. The van der Waals surface area contributed by atoms with Crippen LogP contribution in [0.4, 0.5) is 0 Å². The van der Waals surface area contributed by atoms with E-state index >= 15 is 0 Å². The topological polar surface area (TPSA) is 49.4 Å². The first kappa shape index (κ1) is 15.7. The van der Waals surface area contributed by atoms with E-state index in [9.17, 15) is 9.59 Å². The van der Waals surface area contributed by atoms with E-state index in [4.69, 9.17) is 0 Å². The van der Waals surface area contributed by atoms with E-state index in [1.807, 2.05) is 17.0 Å². The third kappa shape index (κ3) is 2.72. The number of hydrogen-bond donors (Lipinski definition) is 1. The van der Waals surface area contributed by atoms with Crippen molar-refractivity contribution in [3.05, 3.63) is 35.4 Å². The number of hydrogen-bond acceptors (Lipinski definition) is 2. The number of nitrogens with one attached hydrogen (secondary N) is 1. The molecule has 0 spiro atoms. The summed E-state index contributed by atoms with van der Waals surface area (Å²) in [6.07, 6.45) is 6.43. The molecule has 1 aromatic carbocycles. The summed E-state index contributed by atoms with van der Waals surface area (Å²) in [6.45, 7) is 0.563. The minimum Gasteiger partial charge on any atom is -0.357 e. The third-order valence-corrected chi connectivity index (χ3v) is 6.44. The zero-order valence-corrected chi connectivity index (χ0v) is 14.3. The van der Waals surface area contributed by atoms with Gasteiger partial charge < -0.3 is 10.2 Å². The predicted octanol–water partition coefficient (Wildman–Crippen LogP) is 2.51. The van der Waals surface area contributed by atoms with Crippen LogP contribution in [-0.4, -0.2) is 29.8 Å². The fourth-order valence-electron chi connectivity index (χ4n) is 5.15. The van der Waals surface area contributed by atoms with Gasteiger partial charge in [0.15, 0.2) is 0 Å². The Morgan fingerprint density at radius 2 is 1.96 bits per heavy atom. The van der Waals surface area contributed by atoms with Crippen LogP contribution in [0.15, 0.2) is 24.3 Å². The highest BCUT2D eigenvalue weighted by Gasteiger charge is 2.42. The van der Waals surface area contributed by atoms with Gasteiger partial charge in [0.25, 0.3) is 0 Å². The van der Waals surface area contributed by atoms with Gasteiger partial charge in [-0.05, 0) is 48.1 Å². The zero-order valence-electron chi connectivity index (χ0n) is 14.3. The maximum absolute atomic E-state index is 13.0. The van der Waals surface area contributed by atoms with Crippen molar-refractivity contribution in [3.8, 4) is 0 Å². The monoisotopic (exact) mass is 326 g/mol. The lowest BCUT2D eigenvalue weighted by Crippen LogP contribution is -2.52. The van der Waals surface area contributed by atoms with Crippen molar-refractivity contribution in [2.24, 2.45) is 17.8 Å². The largest absolute Gasteiger partial charge is 0.357 e. The van der Waals surface area contributed by atoms with Gasteiger partial charge in [0.2, 0.25) is 11.8 Å². The van der Waals surface area contributed by atoms with Gasteiger partial charge in [0.1, 0.15) is 6.04 Å². The van der Waals surface area contributed by atoms with Gasteiger partial charge in [0.05, 0.1) is 0 Å². The fourth-order valence-corrected chi connectivity index (χ4v) is 5.15. The van der Waals surface area contributed by atoms with Gasteiger partial charge in [-0.1, -0.05) is 30.7 Å². The second-order valence-electron chi connectivity index (χ2n) is 7.76. The summed E-state index contributed by atoms with van der Waals surface area (Å²) in [5, 5.41) is 2.74. The molecule has 4 nitrogen and oxygen atoms in total. The summed E-state index contributed by atoms with van der Waals surface area (Å²) < 4.78 is 0. The molecule has 128 valence electrons. The van der Waals surface area contributed by atoms with Crippen molar-refractivity contribution in [3.63, 3.8) is 0 Å². The van der Waals surface area contributed by atoms with Crippen molar-refractivity contribution < 1.29 is 9.59 Å². The van der Waals surface area contributed by atoms with Gasteiger partial charge in [-0.15, -0.1) is 0 Å². The summed E-state index contributed by atoms with van der Waals surface area (Å²) in [5.74, 6) is 2.25. The van der Waals surface area contributed by atoms with E-state index in [2.05, 4.69) is 17.4 Å². The number of carbonyl (C=O) groups excluding carboxylic acids is 2. The molecule has 4 atom stereocenters.